The van der Waals surface area contributed by atoms with Gasteiger partial charge in [-0.3, -0.25) is 4.79 Å². The molecule has 0 aliphatic heterocycles. The molecule has 0 heterocycles. The lowest BCUT2D eigenvalue weighted by molar-refractivity contribution is -0.135. The van der Waals surface area contributed by atoms with E-state index in [1.165, 1.54) is 5.75 Å². The van der Waals surface area contributed by atoms with E-state index < -0.39 is 5.97 Å². The van der Waals surface area contributed by atoms with E-state index in [9.17, 15) is 4.79 Å². The van der Waals surface area contributed by atoms with E-state index in [-0.39, 0.29) is 6.54 Å². The lowest BCUT2D eigenvalue weighted by Crippen LogP contribution is -2.16. The summed E-state index contributed by atoms with van der Waals surface area (Å²) >= 11 is 1.86. The van der Waals surface area contributed by atoms with E-state index in [4.69, 9.17) is 5.11 Å². The molecule has 2 N–H and O–H groups in total. The Balaban J connectivity index is -0.000000118. The molecule has 0 radical (unpaired) electrons. The third kappa shape index (κ3) is 52.8. The van der Waals surface area contributed by atoms with Crippen molar-refractivity contribution >= 4 is 17.7 Å². The number of carbonyl (C=O) groups is 1. The third-order valence-corrected chi connectivity index (χ3v) is 1.19. The summed E-state index contributed by atoms with van der Waals surface area (Å²) in [4.78, 5) is 9.54. The predicted molar refractivity (Wildman–Crippen MR) is 57.0 cm³/mol. The average molecular weight is 195 g/mol. The van der Waals surface area contributed by atoms with Gasteiger partial charge in [-0.05, 0) is 19.1 Å². The standard InChI is InChI=1S/C3H7NO2.C3H8S.C2H6/c1-4-2-3(5)6;1-3-4-2;1-2/h4H,2H2,1H3,(H,5,6);3H2,1-2H3;1-2H3. The van der Waals surface area contributed by atoms with Crippen molar-refractivity contribution in [3.8, 4) is 0 Å². The van der Waals surface area contributed by atoms with Crippen molar-refractivity contribution < 1.29 is 9.90 Å². The first-order valence-electron chi connectivity index (χ1n) is 4.04. The Kier molecular flexibility index (Phi) is 33.2. The summed E-state index contributed by atoms with van der Waals surface area (Å²) in [6.07, 6.45) is 2.10. The van der Waals surface area contributed by atoms with Crippen LogP contribution in [0.1, 0.15) is 20.8 Å². The van der Waals surface area contributed by atoms with Crippen LogP contribution < -0.4 is 5.32 Å². The SMILES string of the molecule is CC.CCSC.CNCC(=O)O. The van der Waals surface area contributed by atoms with Crippen LogP contribution in [0.15, 0.2) is 0 Å². The van der Waals surface area contributed by atoms with Crippen LogP contribution in [-0.2, 0) is 4.79 Å². The maximum atomic E-state index is 9.54. The van der Waals surface area contributed by atoms with Crippen molar-refractivity contribution in [2.75, 3.05) is 25.6 Å². The topological polar surface area (TPSA) is 49.3 Å². The fourth-order valence-corrected chi connectivity index (χ4v) is 0.151. The first kappa shape index (κ1) is 17.8. The molecule has 0 spiro atoms. The molecule has 12 heavy (non-hydrogen) atoms. The molecule has 0 aromatic carbocycles. The number of hydrogen-bond acceptors (Lipinski definition) is 3. The molecular weight excluding hydrogens is 174 g/mol. The van der Waals surface area contributed by atoms with Crippen molar-refractivity contribution in [3.05, 3.63) is 0 Å². The lowest BCUT2D eigenvalue weighted by Gasteiger charge is -1.84. The maximum absolute atomic E-state index is 9.54. The zero-order valence-corrected chi connectivity index (χ0v) is 9.49. The molecule has 0 unspecified atom stereocenters. The summed E-state index contributed by atoms with van der Waals surface area (Å²) in [7, 11) is 1.59. The second-order valence-electron chi connectivity index (χ2n) is 1.50. The van der Waals surface area contributed by atoms with E-state index in [2.05, 4.69) is 18.5 Å². The number of carboxylic acids is 1. The van der Waals surface area contributed by atoms with Gasteiger partial charge in [-0.1, -0.05) is 20.8 Å². The predicted octanol–water partition coefficient (Wildman–Crippen LogP) is 1.69. The molecule has 0 fully saturated rings. The van der Waals surface area contributed by atoms with Crippen molar-refractivity contribution in [2.24, 2.45) is 0 Å². The van der Waals surface area contributed by atoms with Gasteiger partial charge >= 0.3 is 5.97 Å². The highest BCUT2D eigenvalue weighted by atomic mass is 32.2. The minimum atomic E-state index is -0.822. The molecule has 0 bridgehead atoms. The van der Waals surface area contributed by atoms with Gasteiger partial charge in [-0.25, -0.2) is 0 Å². The van der Waals surface area contributed by atoms with Crippen molar-refractivity contribution in [1.82, 2.24) is 5.32 Å². The molecule has 0 saturated carbocycles. The molecule has 0 rings (SSSR count). The molecule has 76 valence electrons. The van der Waals surface area contributed by atoms with Crippen molar-refractivity contribution in [2.45, 2.75) is 20.8 Å². The summed E-state index contributed by atoms with van der Waals surface area (Å²) in [5.74, 6) is 0.414. The Labute approximate surface area is 79.9 Å². The quantitative estimate of drug-likeness (QED) is 0.719. The Morgan fingerprint density at radius 1 is 1.50 bits per heavy atom. The number of likely N-dealkylation sites (N-methyl/N-ethyl adjacent to an activating group) is 1. The van der Waals surface area contributed by atoms with Crippen LogP contribution >= 0.6 is 11.8 Å². The van der Waals surface area contributed by atoms with Gasteiger partial charge in [0.05, 0.1) is 6.54 Å². The number of rotatable bonds is 3. The van der Waals surface area contributed by atoms with Gasteiger partial charge in [-0.2, -0.15) is 11.8 Å². The summed E-state index contributed by atoms with van der Waals surface area (Å²) in [5.41, 5.74) is 0. The molecule has 0 aromatic rings. The Bertz CT molecular complexity index is 77.5. The van der Waals surface area contributed by atoms with Gasteiger partial charge in [-0.15, -0.1) is 0 Å². The summed E-state index contributed by atoms with van der Waals surface area (Å²) in [6, 6.07) is 0. The van der Waals surface area contributed by atoms with E-state index in [1.807, 2.05) is 25.6 Å². The fraction of sp³-hybridized carbons (Fsp3) is 0.875. The second kappa shape index (κ2) is 22.4. The van der Waals surface area contributed by atoms with E-state index >= 15 is 0 Å². The van der Waals surface area contributed by atoms with Crippen LogP contribution in [0.3, 0.4) is 0 Å². The zero-order valence-electron chi connectivity index (χ0n) is 8.68. The Hall–Kier alpha value is -0.220. The van der Waals surface area contributed by atoms with Gasteiger partial charge in [0.15, 0.2) is 0 Å². The Morgan fingerprint density at radius 3 is 1.83 bits per heavy atom. The smallest absolute Gasteiger partial charge is 0.317 e. The monoisotopic (exact) mass is 195 g/mol. The molecular formula is C8H21NO2S. The first-order valence-corrected chi connectivity index (χ1v) is 5.43. The van der Waals surface area contributed by atoms with E-state index in [0.29, 0.717) is 0 Å². The molecule has 0 aliphatic rings. The van der Waals surface area contributed by atoms with Gasteiger partial charge in [0.2, 0.25) is 0 Å². The minimum Gasteiger partial charge on any atom is -0.480 e. The number of thioether (sulfide) groups is 1. The highest BCUT2D eigenvalue weighted by molar-refractivity contribution is 7.98. The minimum absolute atomic E-state index is 0.0417. The van der Waals surface area contributed by atoms with Gasteiger partial charge < -0.3 is 10.4 Å². The lowest BCUT2D eigenvalue weighted by atomic mass is 10.7. The molecule has 3 nitrogen and oxygen atoms in total. The van der Waals surface area contributed by atoms with E-state index in [0.717, 1.165) is 0 Å². The molecule has 0 aromatic heterocycles. The maximum Gasteiger partial charge on any atom is 0.317 e. The van der Waals surface area contributed by atoms with Crippen LogP contribution in [0.4, 0.5) is 0 Å². The molecule has 0 atom stereocenters. The van der Waals surface area contributed by atoms with Crippen LogP contribution in [0.2, 0.25) is 0 Å². The number of carboxylic acid groups (broad SMARTS) is 1. The highest BCUT2D eigenvalue weighted by Crippen LogP contribution is 1.83. The number of nitrogens with one attached hydrogen (secondary N) is 1. The molecule has 4 heteroatoms. The molecule has 0 aliphatic carbocycles. The van der Waals surface area contributed by atoms with Crippen LogP contribution in [0, 0.1) is 0 Å². The summed E-state index contributed by atoms with van der Waals surface area (Å²) in [6.45, 7) is 6.19. The summed E-state index contributed by atoms with van der Waals surface area (Å²) in [5, 5.41) is 10.3. The number of hydrogen-bond donors (Lipinski definition) is 2. The fourth-order valence-electron chi connectivity index (χ4n) is 0.151. The number of aliphatic carboxylic acids is 1. The van der Waals surface area contributed by atoms with Crippen LogP contribution in [0.25, 0.3) is 0 Å². The Morgan fingerprint density at radius 2 is 1.83 bits per heavy atom. The molecule has 0 amide bonds. The average Bonchev–Trinajstić information content (AvgIpc) is 2.08. The third-order valence-electron chi connectivity index (χ3n) is 0.617. The van der Waals surface area contributed by atoms with Crippen molar-refractivity contribution in [3.63, 3.8) is 0 Å². The largest absolute Gasteiger partial charge is 0.480 e. The van der Waals surface area contributed by atoms with Gasteiger partial charge in [0, 0.05) is 0 Å². The normalized spacial score (nSPS) is 7.08. The van der Waals surface area contributed by atoms with Crippen LogP contribution in [-0.4, -0.2) is 36.7 Å². The van der Waals surface area contributed by atoms with E-state index in [1.54, 1.807) is 7.05 Å². The van der Waals surface area contributed by atoms with Gasteiger partial charge in [0.1, 0.15) is 0 Å². The molecule has 0 saturated heterocycles. The second-order valence-corrected chi connectivity index (χ2v) is 2.66. The van der Waals surface area contributed by atoms with Crippen LogP contribution in [0.5, 0.6) is 0 Å². The van der Waals surface area contributed by atoms with Crippen molar-refractivity contribution in [1.29, 1.82) is 0 Å². The zero-order chi connectivity index (χ0) is 10.4. The highest BCUT2D eigenvalue weighted by Gasteiger charge is 1.86. The first-order chi connectivity index (χ1) is 5.68. The summed E-state index contributed by atoms with van der Waals surface area (Å²) < 4.78 is 0. The van der Waals surface area contributed by atoms with Gasteiger partial charge in [0.25, 0.3) is 0 Å².